The first-order valence-corrected chi connectivity index (χ1v) is 8.45. The zero-order valence-corrected chi connectivity index (χ0v) is 15.1. The van der Waals surface area contributed by atoms with Crippen molar-refractivity contribution >= 4 is 17.2 Å². The van der Waals surface area contributed by atoms with E-state index >= 15 is 0 Å². The molecule has 2 rings (SSSR count). The Morgan fingerprint density at radius 2 is 1.62 bits per heavy atom. The van der Waals surface area contributed by atoms with Gasteiger partial charge >= 0.3 is 0 Å². The van der Waals surface area contributed by atoms with E-state index in [0.29, 0.717) is 17.8 Å². The molecule has 24 heavy (non-hydrogen) atoms. The molecule has 0 aliphatic carbocycles. The fourth-order valence-corrected chi connectivity index (χ4v) is 2.70. The van der Waals surface area contributed by atoms with Gasteiger partial charge in [0.2, 0.25) is 0 Å². The molecule has 0 heterocycles. The van der Waals surface area contributed by atoms with E-state index in [1.165, 1.54) is 11.1 Å². The van der Waals surface area contributed by atoms with Crippen molar-refractivity contribution in [3.8, 4) is 0 Å². The number of ketones is 1. The Morgan fingerprint density at radius 3 is 2.17 bits per heavy atom. The highest BCUT2D eigenvalue weighted by molar-refractivity contribution is 5.86. The molecule has 0 bridgehead atoms. The largest absolute Gasteiger partial charge is 0.397 e. The van der Waals surface area contributed by atoms with Crippen molar-refractivity contribution in [3.05, 3.63) is 59.2 Å². The van der Waals surface area contributed by atoms with Crippen molar-refractivity contribution in [1.82, 2.24) is 0 Å². The number of nitrogens with two attached hydrogens (primary N) is 2. The lowest BCUT2D eigenvalue weighted by Gasteiger charge is -2.19. The van der Waals surface area contributed by atoms with Gasteiger partial charge < -0.3 is 11.5 Å². The zero-order chi connectivity index (χ0) is 17.9. The van der Waals surface area contributed by atoms with Crippen LogP contribution in [0, 0.1) is 0 Å². The van der Waals surface area contributed by atoms with Gasteiger partial charge in [-0.1, -0.05) is 58.0 Å². The van der Waals surface area contributed by atoms with Crippen LogP contribution in [0.2, 0.25) is 0 Å². The Labute approximate surface area is 145 Å². The molecular weight excluding hydrogens is 296 g/mol. The minimum absolute atomic E-state index is 0.151. The van der Waals surface area contributed by atoms with Crippen LogP contribution in [0.5, 0.6) is 0 Å². The van der Waals surface area contributed by atoms with E-state index in [1.54, 1.807) is 12.1 Å². The number of hydrogen-bond acceptors (Lipinski definition) is 3. The summed E-state index contributed by atoms with van der Waals surface area (Å²) in [5.41, 5.74) is 16.2. The third-order valence-electron chi connectivity index (χ3n) is 4.57. The molecule has 3 heteroatoms. The van der Waals surface area contributed by atoms with Gasteiger partial charge in [0, 0.05) is 12.3 Å². The van der Waals surface area contributed by atoms with Crippen molar-refractivity contribution in [2.24, 2.45) is 0 Å². The third kappa shape index (κ3) is 4.38. The first-order valence-electron chi connectivity index (χ1n) is 8.45. The fraction of sp³-hybridized carbons (Fsp3) is 0.381. The van der Waals surface area contributed by atoms with E-state index in [1.807, 2.05) is 13.0 Å². The standard InChI is InChI=1S/C21H28N2O/c1-14(16-8-11-18(22)19(23)13-16)20(24)12-7-15-5-9-17(10-6-15)21(2,3)4/h5-6,8-11,13-14H,7,12,22-23H2,1-4H3. The number of Topliss-reactive ketones (excluding diaryl/α,β-unsaturated/α-hetero) is 1. The molecule has 2 aromatic carbocycles. The van der Waals surface area contributed by atoms with Gasteiger partial charge in [0.25, 0.3) is 0 Å². The summed E-state index contributed by atoms with van der Waals surface area (Å²) in [6, 6.07) is 14.0. The normalized spacial score (nSPS) is 12.8. The minimum Gasteiger partial charge on any atom is -0.397 e. The van der Waals surface area contributed by atoms with Crippen molar-refractivity contribution in [3.63, 3.8) is 0 Å². The number of carbonyl (C=O) groups excluding carboxylic acids is 1. The molecule has 0 radical (unpaired) electrons. The first kappa shape index (κ1) is 18.1. The molecule has 0 amide bonds. The van der Waals surface area contributed by atoms with E-state index in [0.717, 1.165) is 12.0 Å². The second kappa shape index (κ2) is 7.08. The molecule has 0 aliphatic rings. The van der Waals surface area contributed by atoms with Gasteiger partial charge in [-0.05, 0) is 40.7 Å². The van der Waals surface area contributed by atoms with Crippen molar-refractivity contribution in [1.29, 1.82) is 0 Å². The van der Waals surface area contributed by atoms with E-state index in [4.69, 9.17) is 11.5 Å². The van der Waals surface area contributed by atoms with Gasteiger partial charge in [-0.25, -0.2) is 0 Å². The average molecular weight is 324 g/mol. The van der Waals surface area contributed by atoms with Crippen LogP contribution in [0.25, 0.3) is 0 Å². The van der Waals surface area contributed by atoms with E-state index in [2.05, 4.69) is 45.0 Å². The van der Waals surface area contributed by atoms with Gasteiger partial charge in [-0.3, -0.25) is 4.79 Å². The maximum absolute atomic E-state index is 12.5. The molecule has 1 atom stereocenters. The summed E-state index contributed by atoms with van der Waals surface area (Å²) in [5, 5.41) is 0. The van der Waals surface area contributed by atoms with E-state index in [-0.39, 0.29) is 17.1 Å². The summed E-state index contributed by atoms with van der Waals surface area (Å²) < 4.78 is 0. The number of aryl methyl sites for hydroxylation is 1. The van der Waals surface area contributed by atoms with Gasteiger partial charge in [-0.2, -0.15) is 0 Å². The molecule has 4 N–H and O–H groups in total. The predicted octanol–water partition coefficient (Wildman–Crippen LogP) is 4.45. The molecule has 1 unspecified atom stereocenters. The zero-order valence-electron chi connectivity index (χ0n) is 15.1. The minimum atomic E-state index is -0.165. The topological polar surface area (TPSA) is 69.1 Å². The fourth-order valence-electron chi connectivity index (χ4n) is 2.70. The highest BCUT2D eigenvalue weighted by atomic mass is 16.1. The molecule has 0 aliphatic heterocycles. The SMILES string of the molecule is CC(C(=O)CCc1ccc(C(C)(C)C)cc1)c1ccc(N)c(N)c1. The second-order valence-electron chi connectivity index (χ2n) is 7.52. The van der Waals surface area contributed by atoms with Crippen LogP contribution in [-0.2, 0) is 16.6 Å². The van der Waals surface area contributed by atoms with Crippen LogP contribution in [-0.4, -0.2) is 5.78 Å². The number of nitrogen functional groups attached to an aromatic ring is 2. The maximum Gasteiger partial charge on any atom is 0.140 e. The summed E-state index contributed by atoms with van der Waals surface area (Å²) >= 11 is 0. The first-order chi connectivity index (χ1) is 11.2. The molecule has 0 fully saturated rings. The number of carbonyl (C=O) groups is 1. The third-order valence-corrected chi connectivity index (χ3v) is 4.57. The molecule has 0 saturated heterocycles. The van der Waals surface area contributed by atoms with Crippen molar-refractivity contribution in [2.75, 3.05) is 11.5 Å². The lowest BCUT2D eigenvalue weighted by Crippen LogP contribution is -2.12. The predicted molar refractivity (Wildman–Crippen MR) is 102 cm³/mol. The van der Waals surface area contributed by atoms with E-state index in [9.17, 15) is 4.79 Å². The smallest absolute Gasteiger partial charge is 0.140 e. The molecule has 0 aromatic heterocycles. The maximum atomic E-state index is 12.5. The number of rotatable bonds is 5. The average Bonchev–Trinajstić information content (AvgIpc) is 2.54. The van der Waals surface area contributed by atoms with Crippen LogP contribution in [0.15, 0.2) is 42.5 Å². The van der Waals surface area contributed by atoms with Crippen LogP contribution >= 0.6 is 0 Å². The molecule has 0 saturated carbocycles. The quantitative estimate of drug-likeness (QED) is 0.798. The summed E-state index contributed by atoms with van der Waals surface area (Å²) in [6.07, 6.45) is 1.29. The number of anilines is 2. The van der Waals surface area contributed by atoms with Crippen LogP contribution in [0.4, 0.5) is 11.4 Å². The number of hydrogen-bond donors (Lipinski definition) is 2. The Kier molecular flexibility index (Phi) is 5.33. The molecule has 128 valence electrons. The highest BCUT2D eigenvalue weighted by Gasteiger charge is 2.16. The van der Waals surface area contributed by atoms with Crippen LogP contribution < -0.4 is 11.5 Å². The van der Waals surface area contributed by atoms with Gasteiger partial charge in [-0.15, -0.1) is 0 Å². The highest BCUT2D eigenvalue weighted by Crippen LogP contribution is 2.25. The summed E-state index contributed by atoms with van der Waals surface area (Å²) in [7, 11) is 0. The lowest BCUT2D eigenvalue weighted by atomic mass is 9.86. The monoisotopic (exact) mass is 324 g/mol. The Morgan fingerprint density at radius 1 is 1.00 bits per heavy atom. The molecule has 3 nitrogen and oxygen atoms in total. The van der Waals surface area contributed by atoms with Gasteiger partial charge in [0.1, 0.15) is 5.78 Å². The Hall–Kier alpha value is -2.29. The number of benzene rings is 2. The second-order valence-corrected chi connectivity index (χ2v) is 7.52. The summed E-state index contributed by atoms with van der Waals surface area (Å²) in [6.45, 7) is 8.53. The van der Waals surface area contributed by atoms with Crippen LogP contribution in [0.1, 0.15) is 56.7 Å². The lowest BCUT2D eigenvalue weighted by molar-refractivity contribution is -0.120. The van der Waals surface area contributed by atoms with Crippen LogP contribution in [0.3, 0.4) is 0 Å². The van der Waals surface area contributed by atoms with E-state index < -0.39 is 0 Å². The van der Waals surface area contributed by atoms with Gasteiger partial charge in [0.15, 0.2) is 0 Å². The summed E-state index contributed by atoms with van der Waals surface area (Å²) in [4.78, 5) is 12.5. The molecular formula is C21H28N2O. The van der Waals surface area contributed by atoms with Gasteiger partial charge in [0.05, 0.1) is 11.4 Å². The molecule has 0 spiro atoms. The molecule has 2 aromatic rings. The Balaban J connectivity index is 1.98. The van der Waals surface area contributed by atoms with Crippen molar-refractivity contribution < 1.29 is 4.79 Å². The summed E-state index contributed by atoms with van der Waals surface area (Å²) in [5.74, 6) is 0.0563. The Bertz CT molecular complexity index is 712. The van der Waals surface area contributed by atoms with Crippen molar-refractivity contribution in [2.45, 2.75) is 51.9 Å².